The minimum Gasteiger partial charge on any atom is -0.467 e. The van der Waals surface area contributed by atoms with Crippen LogP contribution in [0, 0.1) is 0 Å². The van der Waals surface area contributed by atoms with Crippen LogP contribution in [-0.4, -0.2) is 28.3 Å². The summed E-state index contributed by atoms with van der Waals surface area (Å²) in [4.78, 5) is 0. The van der Waals surface area contributed by atoms with E-state index in [1.165, 1.54) is 11.5 Å². The summed E-state index contributed by atoms with van der Waals surface area (Å²) in [5, 5.41) is 8.76. The van der Waals surface area contributed by atoms with Gasteiger partial charge in [-0.3, -0.25) is 0 Å². The summed E-state index contributed by atoms with van der Waals surface area (Å²) in [5.41, 5.74) is -0.0598. The Labute approximate surface area is 68.7 Å². The van der Waals surface area contributed by atoms with Crippen LogP contribution in [0.2, 0.25) is 0 Å². The molecular weight excluding hydrogens is 162 g/mol. The smallest absolute Gasteiger partial charge is 0.246 e. The van der Waals surface area contributed by atoms with Gasteiger partial charge in [-0.15, -0.1) is 0 Å². The summed E-state index contributed by atoms with van der Waals surface area (Å²) < 4.78 is 9.26. The molecule has 1 aliphatic heterocycles. The first-order valence-corrected chi connectivity index (χ1v) is 4.29. The Hall–Kier alpha value is -0.680. The minimum atomic E-state index is -0.0598. The van der Waals surface area contributed by atoms with E-state index < -0.39 is 0 Å². The van der Waals surface area contributed by atoms with E-state index in [9.17, 15) is 0 Å². The van der Waals surface area contributed by atoms with Crippen molar-refractivity contribution < 1.29 is 4.74 Å². The van der Waals surface area contributed by atoms with Gasteiger partial charge in [0, 0.05) is 13.1 Å². The molecule has 1 aromatic heterocycles. The molecule has 1 saturated heterocycles. The van der Waals surface area contributed by atoms with Gasteiger partial charge in [0.15, 0.2) is 0 Å². The lowest BCUT2D eigenvalue weighted by Gasteiger charge is -2.38. The van der Waals surface area contributed by atoms with Crippen molar-refractivity contribution in [1.29, 1.82) is 0 Å². The van der Waals surface area contributed by atoms with E-state index in [2.05, 4.69) is 21.8 Å². The molecule has 0 saturated carbocycles. The normalized spacial score (nSPS) is 20.8. The Balaban J connectivity index is 2.00. The van der Waals surface area contributed by atoms with E-state index >= 15 is 0 Å². The topological polar surface area (TPSA) is 47.0 Å². The minimum absolute atomic E-state index is 0.0598. The fourth-order valence-electron chi connectivity index (χ4n) is 1.00. The van der Waals surface area contributed by atoms with Gasteiger partial charge in [0.05, 0.1) is 5.38 Å². The zero-order valence-corrected chi connectivity index (χ0v) is 7.02. The second kappa shape index (κ2) is 2.42. The van der Waals surface area contributed by atoms with Gasteiger partial charge in [0.2, 0.25) is 5.88 Å². The van der Waals surface area contributed by atoms with Crippen LogP contribution in [0.15, 0.2) is 5.38 Å². The van der Waals surface area contributed by atoms with E-state index in [-0.39, 0.29) is 5.60 Å². The summed E-state index contributed by atoms with van der Waals surface area (Å²) in [6.07, 6.45) is 0. The highest BCUT2D eigenvalue weighted by molar-refractivity contribution is 7.03. The van der Waals surface area contributed by atoms with Crippen molar-refractivity contribution in [3.05, 3.63) is 5.38 Å². The lowest BCUT2D eigenvalue weighted by atomic mass is 10.0. The molecule has 0 atom stereocenters. The monoisotopic (exact) mass is 171 g/mol. The van der Waals surface area contributed by atoms with Crippen LogP contribution >= 0.6 is 11.5 Å². The van der Waals surface area contributed by atoms with Crippen LogP contribution in [0.5, 0.6) is 5.88 Å². The quantitative estimate of drug-likeness (QED) is 0.694. The van der Waals surface area contributed by atoms with Crippen molar-refractivity contribution in [3.63, 3.8) is 0 Å². The molecule has 60 valence electrons. The Kier molecular flexibility index (Phi) is 1.54. The highest BCUT2D eigenvalue weighted by Crippen LogP contribution is 2.19. The Bertz CT molecular complexity index is 232. The predicted molar refractivity (Wildman–Crippen MR) is 41.8 cm³/mol. The third-order valence-electron chi connectivity index (χ3n) is 1.69. The number of hydrogen-bond donors (Lipinski definition) is 1. The predicted octanol–water partition coefficient (Wildman–Crippen LogP) is 0.279. The Morgan fingerprint density at radius 1 is 1.73 bits per heavy atom. The number of hydrogen-bond acceptors (Lipinski definition) is 5. The fourth-order valence-corrected chi connectivity index (χ4v) is 1.36. The van der Waals surface area contributed by atoms with Crippen molar-refractivity contribution in [1.82, 2.24) is 14.9 Å². The zero-order chi connectivity index (χ0) is 7.73. The van der Waals surface area contributed by atoms with Gasteiger partial charge in [-0.1, -0.05) is 9.59 Å². The van der Waals surface area contributed by atoms with Gasteiger partial charge in [-0.2, -0.15) is 0 Å². The van der Waals surface area contributed by atoms with Crippen LogP contribution < -0.4 is 10.1 Å². The molecule has 0 aliphatic carbocycles. The number of nitrogens with one attached hydrogen (secondary N) is 1. The van der Waals surface area contributed by atoms with Crippen molar-refractivity contribution in [3.8, 4) is 5.88 Å². The number of nitrogens with zero attached hydrogens (tertiary/aromatic N) is 2. The zero-order valence-electron chi connectivity index (χ0n) is 6.20. The van der Waals surface area contributed by atoms with Gasteiger partial charge >= 0.3 is 0 Å². The molecule has 5 heteroatoms. The number of aromatic nitrogens is 2. The first-order chi connectivity index (χ1) is 5.29. The van der Waals surface area contributed by atoms with E-state index in [1.54, 1.807) is 0 Å². The van der Waals surface area contributed by atoms with E-state index in [0.29, 0.717) is 5.88 Å². The summed E-state index contributed by atoms with van der Waals surface area (Å²) in [6.45, 7) is 3.85. The molecule has 0 spiro atoms. The van der Waals surface area contributed by atoms with Gasteiger partial charge in [-0.05, 0) is 18.5 Å². The van der Waals surface area contributed by atoms with Gasteiger partial charge < -0.3 is 10.1 Å². The lowest BCUT2D eigenvalue weighted by molar-refractivity contribution is 0.0304. The van der Waals surface area contributed by atoms with E-state index in [0.717, 1.165) is 13.1 Å². The highest BCUT2D eigenvalue weighted by Gasteiger charge is 2.34. The molecule has 0 bridgehead atoms. The number of rotatable bonds is 2. The molecule has 11 heavy (non-hydrogen) atoms. The highest BCUT2D eigenvalue weighted by atomic mass is 32.1. The van der Waals surface area contributed by atoms with Crippen molar-refractivity contribution in [2.24, 2.45) is 0 Å². The van der Waals surface area contributed by atoms with E-state index in [1.807, 2.05) is 5.38 Å². The SMILES string of the molecule is CC1(Oc2csnn2)CNC1. The molecule has 0 unspecified atom stereocenters. The molecule has 1 aliphatic rings. The maximum Gasteiger partial charge on any atom is 0.246 e. The molecule has 0 aromatic carbocycles. The second-order valence-electron chi connectivity index (χ2n) is 2.90. The third kappa shape index (κ3) is 1.34. The number of ether oxygens (including phenoxy) is 1. The first kappa shape index (κ1) is 7.00. The molecule has 4 nitrogen and oxygen atoms in total. The average Bonchev–Trinajstić information content (AvgIpc) is 2.36. The summed E-state index contributed by atoms with van der Waals surface area (Å²) >= 11 is 1.31. The fraction of sp³-hybridized carbons (Fsp3) is 0.667. The maximum atomic E-state index is 5.55. The van der Waals surface area contributed by atoms with Crippen LogP contribution in [0.3, 0.4) is 0 Å². The second-order valence-corrected chi connectivity index (χ2v) is 3.51. The molecule has 0 amide bonds. The van der Waals surface area contributed by atoms with Crippen molar-refractivity contribution >= 4 is 11.5 Å². The van der Waals surface area contributed by atoms with Crippen LogP contribution in [0.1, 0.15) is 6.92 Å². The Morgan fingerprint density at radius 2 is 2.55 bits per heavy atom. The van der Waals surface area contributed by atoms with Crippen LogP contribution in [0.4, 0.5) is 0 Å². The Morgan fingerprint density at radius 3 is 3.00 bits per heavy atom. The van der Waals surface area contributed by atoms with Gasteiger partial charge in [0.25, 0.3) is 0 Å². The van der Waals surface area contributed by atoms with Gasteiger partial charge in [0.1, 0.15) is 5.60 Å². The molecule has 1 N–H and O–H groups in total. The summed E-state index contributed by atoms with van der Waals surface area (Å²) in [7, 11) is 0. The van der Waals surface area contributed by atoms with Gasteiger partial charge in [-0.25, -0.2) is 0 Å². The van der Waals surface area contributed by atoms with Crippen LogP contribution in [-0.2, 0) is 0 Å². The molecule has 1 aromatic rings. The lowest BCUT2D eigenvalue weighted by Crippen LogP contribution is -2.61. The molecule has 2 heterocycles. The van der Waals surface area contributed by atoms with Crippen molar-refractivity contribution in [2.75, 3.05) is 13.1 Å². The first-order valence-electron chi connectivity index (χ1n) is 3.45. The third-order valence-corrected chi connectivity index (χ3v) is 2.17. The molecular formula is C6H9N3OS. The molecule has 1 fully saturated rings. The standard InChI is InChI=1S/C6H9N3OS/c1-6(3-7-4-6)10-5-2-11-9-8-5/h2,7H,3-4H2,1H3. The molecule has 0 radical (unpaired) electrons. The largest absolute Gasteiger partial charge is 0.467 e. The van der Waals surface area contributed by atoms with E-state index in [4.69, 9.17) is 4.74 Å². The van der Waals surface area contributed by atoms with Crippen molar-refractivity contribution in [2.45, 2.75) is 12.5 Å². The summed E-state index contributed by atoms with van der Waals surface area (Å²) in [6, 6.07) is 0. The summed E-state index contributed by atoms with van der Waals surface area (Å²) in [5.74, 6) is 0.638. The maximum absolute atomic E-state index is 5.55. The van der Waals surface area contributed by atoms with Crippen LogP contribution in [0.25, 0.3) is 0 Å². The molecule has 2 rings (SSSR count). The average molecular weight is 171 g/mol.